The van der Waals surface area contributed by atoms with Crippen molar-refractivity contribution in [2.24, 2.45) is 0 Å². The Morgan fingerprint density at radius 1 is 1.36 bits per heavy atom. The Labute approximate surface area is 67.0 Å². The zero-order valence-corrected chi connectivity index (χ0v) is 6.66. The van der Waals surface area contributed by atoms with Crippen LogP contribution in [0.4, 0.5) is 0 Å². The van der Waals surface area contributed by atoms with Gasteiger partial charge < -0.3 is 4.74 Å². The molecule has 11 heavy (non-hydrogen) atoms. The highest BCUT2D eigenvalue weighted by Crippen LogP contribution is 2.28. The fraction of sp³-hybridized carbons (Fsp3) is 0.400. The minimum absolute atomic E-state index is 0.484. The van der Waals surface area contributed by atoms with E-state index in [0.717, 1.165) is 6.61 Å². The van der Waals surface area contributed by atoms with Crippen molar-refractivity contribution >= 4 is 0 Å². The van der Waals surface area contributed by atoms with Crippen molar-refractivity contribution in [1.29, 1.82) is 0 Å². The van der Waals surface area contributed by atoms with E-state index in [4.69, 9.17) is 4.74 Å². The molecule has 0 saturated carbocycles. The van der Waals surface area contributed by atoms with Gasteiger partial charge in [-0.3, -0.25) is 0 Å². The molecule has 2 atom stereocenters. The van der Waals surface area contributed by atoms with Gasteiger partial charge in [0.2, 0.25) is 0 Å². The van der Waals surface area contributed by atoms with Crippen LogP contribution in [0.5, 0.6) is 0 Å². The normalized spacial score (nSPS) is 24.6. The fourth-order valence-electron chi connectivity index (χ4n) is 1.32. The molecule has 1 aliphatic heterocycles. The minimum atomic E-state index is 0.484. The lowest BCUT2D eigenvalue weighted by atomic mass is 9.99. The Hall–Kier alpha value is -0.820. The average molecular weight is 148 g/mol. The SMILES string of the molecule is CC(c1ccccc1)[C@H]1CO1. The van der Waals surface area contributed by atoms with Crippen molar-refractivity contribution < 1.29 is 4.74 Å². The molecule has 1 aromatic carbocycles. The van der Waals surface area contributed by atoms with E-state index in [1.54, 1.807) is 0 Å². The molecule has 0 aliphatic carbocycles. The fourth-order valence-corrected chi connectivity index (χ4v) is 1.32. The van der Waals surface area contributed by atoms with E-state index in [-0.39, 0.29) is 0 Å². The Kier molecular flexibility index (Phi) is 1.66. The highest BCUT2D eigenvalue weighted by atomic mass is 16.6. The third-order valence-electron chi connectivity index (χ3n) is 2.24. The van der Waals surface area contributed by atoms with E-state index in [0.29, 0.717) is 12.0 Å². The average Bonchev–Trinajstić information content (AvgIpc) is 2.87. The summed E-state index contributed by atoms with van der Waals surface area (Å²) in [6.45, 7) is 3.16. The maximum atomic E-state index is 5.22. The Morgan fingerprint density at radius 3 is 2.55 bits per heavy atom. The maximum absolute atomic E-state index is 5.22. The van der Waals surface area contributed by atoms with Gasteiger partial charge in [0.05, 0.1) is 12.7 Å². The van der Waals surface area contributed by atoms with E-state index in [2.05, 4.69) is 31.2 Å². The van der Waals surface area contributed by atoms with Crippen molar-refractivity contribution in [2.45, 2.75) is 18.9 Å². The smallest absolute Gasteiger partial charge is 0.0875 e. The summed E-state index contributed by atoms with van der Waals surface area (Å²) in [7, 11) is 0. The Morgan fingerprint density at radius 2 is 2.00 bits per heavy atom. The molecule has 1 nitrogen and oxygen atoms in total. The van der Waals surface area contributed by atoms with Crippen molar-refractivity contribution in [3.63, 3.8) is 0 Å². The number of hydrogen-bond acceptors (Lipinski definition) is 1. The van der Waals surface area contributed by atoms with Crippen LogP contribution in [0.3, 0.4) is 0 Å². The first-order valence-electron chi connectivity index (χ1n) is 4.04. The lowest BCUT2D eigenvalue weighted by Crippen LogP contribution is -2.00. The molecule has 0 N–H and O–H groups in total. The van der Waals surface area contributed by atoms with Crippen LogP contribution in [0.25, 0.3) is 0 Å². The summed E-state index contributed by atoms with van der Waals surface area (Å²) in [5.41, 5.74) is 1.38. The summed E-state index contributed by atoms with van der Waals surface area (Å²) in [6.07, 6.45) is 0.484. The molecule has 58 valence electrons. The lowest BCUT2D eigenvalue weighted by molar-refractivity contribution is 0.382. The van der Waals surface area contributed by atoms with Crippen LogP contribution in [-0.2, 0) is 4.74 Å². The molecule has 1 unspecified atom stereocenters. The number of epoxide rings is 1. The van der Waals surface area contributed by atoms with E-state index < -0.39 is 0 Å². The second kappa shape index (κ2) is 2.67. The summed E-state index contributed by atoms with van der Waals surface area (Å²) >= 11 is 0. The molecular weight excluding hydrogens is 136 g/mol. The van der Waals surface area contributed by atoms with Crippen LogP contribution in [0.1, 0.15) is 18.4 Å². The quantitative estimate of drug-likeness (QED) is 0.586. The minimum Gasteiger partial charge on any atom is -0.372 e. The highest BCUT2D eigenvalue weighted by Gasteiger charge is 2.29. The molecule has 0 amide bonds. The highest BCUT2D eigenvalue weighted by molar-refractivity contribution is 5.20. The summed E-state index contributed by atoms with van der Waals surface area (Å²) in [4.78, 5) is 0. The maximum Gasteiger partial charge on any atom is 0.0875 e. The van der Waals surface area contributed by atoms with Gasteiger partial charge in [0.1, 0.15) is 0 Å². The predicted octanol–water partition coefficient (Wildman–Crippen LogP) is 2.19. The number of benzene rings is 1. The number of hydrogen-bond donors (Lipinski definition) is 0. The van der Waals surface area contributed by atoms with Crippen LogP contribution >= 0.6 is 0 Å². The number of ether oxygens (including phenoxy) is 1. The van der Waals surface area contributed by atoms with Crippen LogP contribution < -0.4 is 0 Å². The third-order valence-corrected chi connectivity index (χ3v) is 2.24. The van der Waals surface area contributed by atoms with Gasteiger partial charge in [-0.05, 0) is 5.56 Å². The predicted molar refractivity (Wildman–Crippen MR) is 44.6 cm³/mol. The second-order valence-electron chi connectivity index (χ2n) is 3.07. The molecule has 2 rings (SSSR count). The monoisotopic (exact) mass is 148 g/mol. The standard InChI is InChI=1S/C10H12O/c1-8(10-7-11-10)9-5-3-2-4-6-9/h2-6,8,10H,7H2,1H3/t8?,10-/m1/s1. The zero-order valence-electron chi connectivity index (χ0n) is 6.66. The van der Waals surface area contributed by atoms with E-state index in [1.165, 1.54) is 5.56 Å². The van der Waals surface area contributed by atoms with Gasteiger partial charge in [0.25, 0.3) is 0 Å². The van der Waals surface area contributed by atoms with E-state index >= 15 is 0 Å². The first kappa shape index (κ1) is 6.86. The van der Waals surface area contributed by atoms with E-state index in [1.807, 2.05) is 6.07 Å². The molecular formula is C10H12O. The first-order valence-corrected chi connectivity index (χ1v) is 4.04. The van der Waals surface area contributed by atoms with Gasteiger partial charge in [0, 0.05) is 5.92 Å². The summed E-state index contributed by atoms with van der Waals surface area (Å²) < 4.78 is 5.22. The number of rotatable bonds is 2. The van der Waals surface area contributed by atoms with Gasteiger partial charge in [0.15, 0.2) is 0 Å². The molecule has 1 fully saturated rings. The van der Waals surface area contributed by atoms with Gasteiger partial charge in [-0.2, -0.15) is 0 Å². The van der Waals surface area contributed by atoms with Crippen LogP contribution in [0.2, 0.25) is 0 Å². The van der Waals surface area contributed by atoms with Gasteiger partial charge >= 0.3 is 0 Å². The molecule has 0 aromatic heterocycles. The van der Waals surface area contributed by atoms with Crippen LogP contribution in [0, 0.1) is 0 Å². The van der Waals surface area contributed by atoms with Gasteiger partial charge in [-0.25, -0.2) is 0 Å². The largest absolute Gasteiger partial charge is 0.372 e. The van der Waals surface area contributed by atoms with E-state index in [9.17, 15) is 0 Å². The molecule has 1 heteroatoms. The molecule has 0 radical (unpaired) electrons. The van der Waals surface area contributed by atoms with Gasteiger partial charge in [-0.15, -0.1) is 0 Å². The van der Waals surface area contributed by atoms with Crippen molar-refractivity contribution in [3.05, 3.63) is 35.9 Å². The van der Waals surface area contributed by atoms with Gasteiger partial charge in [-0.1, -0.05) is 37.3 Å². The Balaban J connectivity index is 2.15. The molecule has 0 spiro atoms. The molecule has 0 bridgehead atoms. The van der Waals surface area contributed by atoms with Crippen molar-refractivity contribution in [3.8, 4) is 0 Å². The molecule has 1 aliphatic rings. The summed E-state index contributed by atoms with van der Waals surface area (Å²) in [5.74, 6) is 0.566. The second-order valence-corrected chi connectivity index (χ2v) is 3.07. The first-order chi connectivity index (χ1) is 5.38. The van der Waals surface area contributed by atoms with Crippen molar-refractivity contribution in [2.75, 3.05) is 6.61 Å². The topological polar surface area (TPSA) is 12.5 Å². The summed E-state index contributed by atoms with van der Waals surface area (Å²) in [6, 6.07) is 10.5. The lowest BCUT2D eigenvalue weighted by Gasteiger charge is -2.06. The molecule has 1 saturated heterocycles. The summed E-state index contributed by atoms with van der Waals surface area (Å²) in [5, 5.41) is 0. The van der Waals surface area contributed by atoms with Crippen molar-refractivity contribution in [1.82, 2.24) is 0 Å². The molecule has 1 heterocycles. The Bertz CT molecular complexity index is 226. The zero-order chi connectivity index (χ0) is 7.68. The molecule has 1 aromatic rings. The third kappa shape index (κ3) is 1.43. The van der Waals surface area contributed by atoms with Crippen LogP contribution in [0.15, 0.2) is 30.3 Å². The van der Waals surface area contributed by atoms with Crippen LogP contribution in [-0.4, -0.2) is 12.7 Å².